The van der Waals surface area contributed by atoms with Gasteiger partial charge in [0.05, 0.1) is 6.54 Å². The number of carboxylic acid groups (broad SMARTS) is 1. The summed E-state index contributed by atoms with van der Waals surface area (Å²) in [5, 5.41) is 14.0. The second kappa shape index (κ2) is 5.52. The van der Waals surface area contributed by atoms with Gasteiger partial charge in [0, 0.05) is 12.4 Å². The van der Waals surface area contributed by atoms with E-state index in [1.807, 2.05) is 0 Å². The molecule has 4 N–H and O–H groups in total. The van der Waals surface area contributed by atoms with Crippen molar-refractivity contribution < 1.29 is 14.7 Å². The number of carbonyl (C=O) groups is 2. The molecule has 0 saturated heterocycles. The molecule has 1 aliphatic rings. The Morgan fingerprint density at radius 3 is 2.89 bits per heavy atom. The number of nitrogens with zero attached hydrogens (tertiary/aromatic N) is 1. The summed E-state index contributed by atoms with van der Waals surface area (Å²) in [6.07, 6.45) is 5.85. The molecule has 1 aromatic rings. The number of hydrogen-bond donors (Lipinski definition) is 4. The lowest BCUT2D eigenvalue weighted by Gasteiger charge is -2.14. The molecule has 1 unspecified atom stereocenters. The van der Waals surface area contributed by atoms with E-state index in [2.05, 4.69) is 20.6 Å². The smallest absolute Gasteiger partial charge is 0.326 e. The van der Waals surface area contributed by atoms with E-state index in [1.165, 1.54) is 0 Å². The number of carboxylic acids is 1. The summed E-state index contributed by atoms with van der Waals surface area (Å²) < 4.78 is 0. The summed E-state index contributed by atoms with van der Waals surface area (Å²) in [5.74, 6) is 0.0748. The highest BCUT2D eigenvalue weighted by Gasteiger charge is 2.30. The summed E-state index contributed by atoms with van der Waals surface area (Å²) in [5.41, 5.74) is 0. The van der Waals surface area contributed by atoms with E-state index in [0.717, 1.165) is 12.8 Å². The van der Waals surface area contributed by atoms with Crippen molar-refractivity contribution in [2.75, 3.05) is 0 Å². The lowest BCUT2D eigenvalue weighted by molar-refractivity contribution is -0.139. The molecule has 0 aliphatic heterocycles. The minimum atomic E-state index is -0.991. The molecule has 0 spiro atoms. The molecule has 1 atom stereocenters. The molecule has 98 valence electrons. The van der Waals surface area contributed by atoms with Crippen LogP contribution in [0.4, 0.5) is 4.79 Å². The molecular weight excluding hydrogens is 236 g/mol. The molecule has 18 heavy (non-hydrogen) atoms. The zero-order chi connectivity index (χ0) is 13.0. The predicted octanol–water partition coefficient (Wildman–Crippen LogP) is 0.462. The van der Waals surface area contributed by atoms with Gasteiger partial charge in [-0.05, 0) is 12.3 Å². The number of aliphatic carboxylic acids is 1. The largest absolute Gasteiger partial charge is 0.480 e. The van der Waals surface area contributed by atoms with E-state index < -0.39 is 18.0 Å². The first-order chi connectivity index (χ1) is 8.65. The van der Waals surface area contributed by atoms with Gasteiger partial charge in [0.15, 0.2) is 0 Å². The number of H-pyrrole nitrogens is 1. The van der Waals surface area contributed by atoms with Crippen molar-refractivity contribution in [3.8, 4) is 0 Å². The monoisotopic (exact) mass is 252 g/mol. The van der Waals surface area contributed by atoms with Crippen LogP contribution in [0, 0.1) is 5.92 Å². The molecule has 7 nitrogen and oxygen atoms in total. The number of carbonyl (C=O) groups excluding carboxylic acids is 1. The van der Waals surface area contributed by atoms with Crippen LogP contribution in [0.15, 0.2) is 12.4 Å². The van der Waals surface area contributed by atoms with Crippen LogP contribution in [0.3, 0.4) is 0 Å². The topological polar surface area (TPSA) is 107 Å². The SMILES string of the molecule is O=C(NCc1ncc[nH]1)NC(CC1CC1)C(=O)O. The summed E-state index contributed by atoms with van der Waals surface area (Å²) in [6.45, 7) is 0.245. The molecule has 0 aromatic carbocycles. The van der Waals surface area contributed by atoms with Crippen LogP contribution in [0.1, 0.15) is 25.1 Å². The van der Waals surface area contributed by atoms with Crippen LogP contribution in [-0.4, -0.2) is 33.1 Å². The van der Waals surface area contributed by atoms with Gasteiger partial charge in [-0.3, -0.25) is 0 Å². The quantitative estimate of drug-likeness (QED) is 0.590. The van der Waals surface area contributed by atoms with Crippen LogP contribution in [0.5, 0.6) is 0 Å². The fourth-order valence-corrected chi connectivity index (χ4v) is 1.68. The van der Waals surface area contributed by atoms with Crippen LogP contribution < -0.4 is 10.6 Å². The van der Waals surface area contributed by atoms with Gasteiger partial charge in [0.25, 0.3) is 0 Å². The normalized spacial score (nSPS) is 16.0. The predicted molar refractivity (Wildman–Crippen MR) is 62.7 cm³/mol. The molecule has 1 fully saturated rings. The average molecular weight is 252 g/mol. The molecule has 7 heteroatoms. The van der Waals surface area contributed by atoms with E-state index in [1.54, 1.807) is 12.4 Å². The first kappa shape index (κ1) is 12.4. The van der Waals surface area contributed by atoms with Crippen LogP contribution in [0.2, 0.25) is 0 Å². The van der Waals surface area contributed by atoms with Crippen LogP contribution >= 0.6 is 0 Å². The third kappa shape index (κ3) is 3.76. The van der Waals surface area contributed by atoms with Gasteiger partial charge in [0.2, 0.25) is 0 Å². The molecule has 1 saturated carbocycles. The number of aromatic nitrogens is 2. The third-order valence-electron chi connectivity index (χ3n) is 2.84. The Hall–Kier alpha value is -2.05. The fraction of sp³-hybridized carbons (Fsp3) is 0.545. The highest BCUT2D eigenvalue weighted by molar-refractivity contribution is 5.82. The minimum absolute atomic E-state index is 0.245. The minimum Gasteiger partial charge on any atom is -0.480 e. The maximum Gasteiger partial charge on any atom is 0.326 e. The van der Waals surface area contributed by atoms with E-state index in [-0.39, 0.29) is 6.54 Å². The third-order valence-corrected chi connectivity index (χ3v) is 2.84. The van der Waals surface area contributed by atoms with Gasteiger partial charge in [0.1, 0.15) is 11.9 Å². The van der Waals surface area contributed by atoms with Crippen molar-refractivity contribution in [3.63, 3.8) is 0 Å². The number of aromatic amines is 1. The Balaban J connectivity index is 1.75. The summed E-state index contributed by atoms with van der Waals surface area (Å²) >= 11 is 0. The molecular formula is C11H16N4O3. The van der Waals surface area contributed by atoms with Crippen molar-refractivity contribution in [1.29, 1.82) is 0 Å². The Morgan fingerprint density at radius 2 is 2.33 bits per heavy atom. The standard InChI is InChI=1S/C11H16N4O3/c16-10(17)8(5-7-1-2-7)15-11(18)14-6-9-12-3-4-13-9/h3-4,7-8H,1-2,5-6H2,(H,12,13)(H,16,17)(H2,14,15,18). The number of amides is 2. The van der Waals surface area contributed by atoms with Gasteiger partial charge in [-0.2, -0.15) is 0 Å². The molecule has 2 rings (SSSR count). The Kier molecular flexibility index (Phi) is 3.81. The summed E-state index contributed by atoms with van der Waals surface area (Å²) in [4.78, 5) is 29.3. The molecule has 1 aliphatic carbocycles. The second-order valence-corrected chi connectivity index (χ2v) is 4.43. The summed E-state index contributed by atoms with van der Waals surface area (Å²) in [6, 6.07) is -1.30. The highest BCUT2D eigenvalue weighted by Crippen LogP contribution is 2.33. The zero-order valence-corrected chi connectivity index (χ0v) is 9.85. The van der Waals surface area contributed by atoms with E-state index in [4.69, 9.17) is 5.11 Å². The Bertz CT molecular complexity index is 414. The first-order valence-corrected chi connectivity index (χ1v) is 5.90. The Labute approximate surface area is 104 Å². The number of nitrogens with one attached hydrogen (secondary N) is 3. The van der Waals surface area contributed by atoms with Crippen molar-refractivity contribution in [3.05, 3.63) is 18.2 Å². The lowest BCUT2D eigenvalue weighted by atomic mass is 10.1. The van der Waals surface area contributed by atoms with Crippen molar-refractivity contribution in [2.24, 2.45) is 5.92 Å². The van der Waals surface area contributed by atoms with E-state index in [0.29, 0.717) is 18.2 Å². The number of urea groups is 1. The molecule has 2 amide bonds. The zero-order valence-electron chi connectivity index (χ0n) is 9.85. The lowest BCUT2D eigenvalue weighted by Crippen LogP contribution is -2.46. The van der Waals surface area contributed by atoms with Crippen molar-refractivity contribution in [2.45, 2.75) is 31.8 Å². The van der Waals surface area contributed by atoms with Crippen LogP contribution in [0.25, 0.3) is 0 Å². The Morgan fingerprint density at radius 1 is 1.56 bits per heavy atom. The number of rotatable bonds is 6. The average Bonchev–Trinajstić information content (AvgIpc) is 2.99. The molecule has 0 radical (unpaired) electrons. The molecule has 1 heterocycles. The number of imidazole rings is 1. The second-order valence-electron chi connectivity index (χ2n) is 4.43. The van der Waals surface area contributed by atoms with Gasteiger partial charge in [-0.15, -0.1) is 0 Å². The van der Waals surface area contributed by atoms with Crippen molar-refractivity contribution in [1.82, 2.24) is 20.6 Å². The first-order valence-electron chi connectivity index (χ1n) is 5.90. The maximum absolute atomic E-state index is 11.5. The van der Waals surface area contributed by atoms with Gasteiger partial charge in [-0.25, -0.2) is 14.6 Å². The van der Waals surface area contributed by atoms with Gasteiger partial charge in [-0.1, -0.05) is 12.8 Å². The number of hydrogen-bond acceptors (Lipinski definition) is 3. The fourth-order valence-electron chi connectivity index (χ4n) is 1.68. The van der Waals surface area contributed by atoms with E-state index in [9.17, 15) is 9.59 Å². The maximum atomic E-state index is 11.5. The highest BCUT2D eigenvalue weighted by atomic mass is 16.4. The van der Waals surface area contributed by atoms with Crippen LogP contribution in [-0.2, 0) is 11.3 Å². The summed E-state index contributed by atoms with van der Waals surface area (Å²) in [7, 11) is 0. The molecule has 0 bridgehead atoms. The van der Waals surface area contributed by atoms with Gasteiger partial charge >= 0.3 is 12.0 Å². The van der Waals surface area contributed by atoms with Crippen molar-refractivity contribution >= 4 is 12.0 Å². The molecule has 1 aromatic heterocycles. The van der Waals surface area contributed by atoms with E-state index >= 15 is 0 Å². The van der Waals surface area contributed by atoms with Gasteiger partial charge < -0.3 is 20.7 Å².